The molecule has 0 rings (SSSR count). The average molecular weight is 979 g/mol. The van der Waals surface area contributed by atoms with Crippen LogP contribution in [0.25, 0.3) is 0 Å². The highest BCUT2D eigenvalue weighted by molar-refractivity contribution is 5.81. The highest BCUT2D eigenvalue weighted by Gasteiger charge is 2.36. The van der Waals surface area contributed by atoms with Crippen LogP contribution in [-0.2, 0) is 14.4 Å². The maximum Gasteiger partial charge on any atom is 0.220 e. The van der Waals surface area contributed by atoms with E-state index in [0.29, 0.717) is 32.1 Å². The van der Waals surface area contributed by atoms with Crippen LogP contribution in [-0.4, -0.2) is 51.4 Å². The van der Waals surface area contributed by atoms with Gasteiger partial charge in [-0.25, -0.2) is 0 Å². The number of aliphatic hydroxyl groups is 3. The first-order chi connectivity index (χ1) is 33.5. The number of unbranched alkanes of at least 4 members (excludes halogenated alkanes) is 30. The number of amides is 3. The van der Waals surface area contributed by atoms with Crippen molar-refractivity contribution < 1.29 is 29.7 Å². The second-order valence-electron chi connectivity index (χ2n) is 22.1. The van der Waals surface area contributed by atoms with E-state index in [1.165, 1.54) is 83.5 Å². The fraction of sp³-hybridized carbons (Fsp3) is 0.950. The van der Waals surface area contributed by atoms with Gasteiger partial charge in [-0.15, -0.1) is 0 Å². The van der Waals surface area contributed by atoms with E-state index >= 15 is 0 Å². The smallest absolute Gasteiger partial charge is 0.220 e. The molecule has 0 aromatic carbocycles. The van der Waals surface area contributed by atoms with Gasteiger partial charge in [-0.1, -0.05) is 252 Å². The van der Waals surface area contributed by atoms with Crippen LogP contribution in [0.5, 0.6) is 0 Å². The number of aliphatic hydroxyl groups excluding tert-OH is 3. The number of nitrogens with two attached hydrogens (primary N) is 3. The van der Waals surface area contributed by atoms with Gasteiger partial charge in [0.2, 0.25) is 17.7 Å². The Bertz CT molecular complexity index is 1080. The van der Waals surface area contributed by atoms with Gasteiger partial charge in [0.15, 0.2) is 0 Å². The lowest BCUT2D eigenvalue weighted by Gasteiger charge is -2.32. The molecule has 410 valence electrons. The SMILES string of the molecule is CCCCCCCC(O)CCCCCCCCCC(CCC(C(CCCCCCCCCC(O)CCCCCCC)C(N)=O)C(CCCCCCCCCC(O)CCCCCCC)C(N)=O)C(N)=O. The maximum atomic E-state index is 13.3. The molecular formula is C60H119N3O6. The van der Waals surface area contributed by atoms with Crippen LogP contribution in [0.15, 0.2) is 0 Å². The van der Waals surface area contributed by atoms with Crippen LogP contribution in [0.2, 0.25) is 0 Å². The standard InChI is InChI=1S/C60H119N3O6/c1-4-7-10-22-32-41-52(64)44-35-26-17-13-16-25-31-40-51(58(61)67)49-50-55(56(59(62)68)47-38-29-20-14-18-27-36-45-53(65)42-33-23-11-8-5-2)57(60(63)69)48-39-30-21-15-19-28-37-46-54(66)43-34-24-12-9-6-3/h51-57,64-66H,4-50H2,1-3H3,(H2,61,67)(H2,62,68)(H2,63,69). The molecule has 0 saturated heterocycles. The molecule has 0 fully saturated rings. The molecule has 0 aliphatic rings. The molecule has 6 atom stereocenters. The normalized spacial score (nSPS) is 14.9. The molecule has 6 unspecified atom stereocenters. The van der Waals surface area contributed by atoms with Crippen molar-refractivity contribution in [3.05, 3.63) is 0 Å². The van der Waals surface area contributed by atoms with Gasteiger partial charge < -0.3 is 32.5 Å². The van der Waals surface area contributed by atoms with E-state index in [1.807, 2.05) is 0 Å². The van der Waals surface area contributed by atoms with E-state index in [2.05, 4.69) is 20.8 Å². The second kappa shape index (κ2) is 49.9. The Labute approximate surface area is 427 Å². The third-order valence-corrected chi connectivity index (χ3v) is 15.6. The van der Waals surface area contributed by atoms with E-state index < -0.39 is 11.8 Å². The minimum absolute atomic E-state index is 0.160. The van der Waals surface area contributed by atoms with Crippen molar-refractivity contribution in [2.24, 2.45) is 40.9 Å². The van der Waals surface area contributed by atoms with Gasteiger partial charge >= 0.3 is 0 Å². The Morgan fingerprint density at radius 3 is 0.725 bits per heavy atom. The van der Waals surface area contributed by atoms with Crippen LogP contribution in [0.4, 0.5) is 0 Å². The summed E-state index contributed by atoms with van der Waals surface area (Å²) in [5.41, 5.74) is 18.4. The number of carbonyl (C=O) groups is 3. The summed E-state index contributed by atoms with van der Waals surface area (Å²) < 4.78 is 0. The van der Waals surface area contributed by atoms with Crippen LogP contribution < -0.4 is 17.2 Å². The maximum absolute atomic E-state index is 13.3. The topological polar surface area (TPSA) is 190 Å². The van der Waals surface area contributed by atoms with Gasteiger partial charge in [-0.2, -0.15) is 0 Å². The lowest BCUT2D eigenvalue weighted by molar-refractivity contribution is -0.129. The summed E-state index contributed by atoms with van der Waals surface area (Å²) in [5.74, 6) is -2.61. The van der Waals surface area contributed by atoms with E-state index in [-0.39, 0.29) is 47.9 Å². The highest BCUT2D eigenvalue weighted by atomic mass is 16.3. The molecule has 0 saturated carbocycles. The second-order valence-corrected chi connectivity index (χ2v) is 22.1. The zero-order valence-corrected chi connectivity index (χ0v) is 46.1. The Hall–Kier alpha value is -1.71. The van der Waals surface area contributed by atoms with Crippen molar-refractivity contribution in [2.75, 3.05) is 0 Å². The number of hydrogen-bond acceptors (Lipinski definition) is 6. The van der Waals surface area contributed by atoms with E-state index in [9.17, 15) is 29.7 Å². The van der Waals surface area contributed by atoms with Gasteiger partial charge in [-0.05, 0) is 76.5 Å². The van der Waals surface area contributed by atoms with Crippen molar-refractivity contribution in [2.45, 2.75) is 341 Å². The molecule has 0 aliphatic heterocycles. The monoisotopic (exact) mass is 978 g/mol. The number of hydrogen-bond donors (Lipinski definition) is 6. The van der Waals surface area contributed by atoms with E-state index in [4.69, 9.17) is 17.2 Å². The molecule has 0 spiro atoms. The fourth-order valence-corrected chi connectivity index (χ4v) is 10.9. The van der Waals surface area contributed by atoms with Gasteiger partial charge in [0.1, 0.15) is 0 Å². The van der Waals surface area contributed by atoms with Crippen LogP contribution >= 0.6 is 0 Å². The first-order valence-electron chi connectivity index (χ1n) is 30.4. The van der Waals surface area contributed by atoms with Crippen molar-refractivity contribution in [1.82, 2.24) is 0 Å². The Morgan fingerprint density at radius 2 is 0.493 bits per heavy atom. The first kappa shape index (κ1) is 67.3. The van der Waals surface area contributed by atoms with Gasteiger partial charge in [0.05, 0.1) is 18.3 Å². The van der Waals surface area contributed by atoms with E-state index in [1.54, 1.807) is 0 Å². The fourth-order valence-electron chi connectivity index (χ4n) is 10.9. The molecule has 0 bridgehead atoms. The molecule has 0 aromatic heterocycles. The Balaban J connectivity index is 5.13. The van der Waals surface area contributed by atoms with Gasteiger partial charge in [-0.3, -0.25) is 14.4 Å². The third kappa shape index (κ3) is 42.5. The molecule has 0 heterocycles. The number of carbonyl (C=O) groups excluding carboxylic acids is 3. The zero-order valence-electron chi connectivity index (χ0n) is 46.1. The van der Waals surface area contributed by atoms with E-state index in [0.717, 1.165) is 186 Å². The summed E-state index contributed by atoms with van der Waals surface area (Å²) in [6.07, 6.45) is 49.0. The van der Waals surface area contributed by atoms with Crippen molar-refractivity contribution >= 4 is 17.7 Å². The summed E-state index contributed by atoms with van der Waals surface area (Å²) >= 11 is 0. The molecule has 9 nitrogen and oxygen atoms in total. The zero-order chi connectivity index (χ0) is 51.0. The predicted octanol–water partition coefficient (Wildman–Crippen LogP) is 15.4. The van der Waals surface area contributed by atoms with Crippen LogP contribution in [0.3, 0.4) is 0 Å². The molecule has 0 aromatic rings. The lowest BCUT2D eigenvalue weighted by Crippen LogP contribution is -2.40. The summed E-state index contributed by atoms with van der Waals surface area (Å²) in [6, 6.07) is 0. The number of primary amides is 3. The Kier molecular flexibility index (Phi) is 48.6. The first-order valence-corrected chi connectivity index (χ1v) is 30.4. The molecule has 0 aliphatic carbocycles. The molecule has 0 radical (unpaired) electrons. The summed E-state index contributed by atoms with van der Waals surface area (Å²) in [7, 11) is 0. The van der Waals surface area contributed by atoms with Gasteiger partial charge in [0.25, 0.3) is 0 Å². The minimum atomic E-state index is -0.474. The van der Waals surface area contributed by atoms with Crippen molar-refractivity contribution in [3.8, 4) is 0 Å². The van der Waals surface area contributed by atoms with Gasteiger partial charge in [0, 0.05) is 17.8 Å². The summed E-state index contributed by atoms with van der Waals surface area (Å²) in [4.78, 5) is 39.3. The molecule has 9 N–H and O–H groups in total. The average Bonchev–Trinajstić information content (AvgIpc) is 3.31. The Morgan fingerprint density at radius 1 is 0.275 bits per heavy atom. The summed E-state index contributed by atoms with van der Waals surface area (Å²) in [6.45, 7) is 6.68. The molecule has 69 heavy (non-hydrogen) atoms. The third-order valence-electron chi connectivity index (χ3n) is 15.6. The molecular weight excluding hydrogens is 859 g/mol. The number of rotatable bonds is 56. The van der Waals surface area contributed by atoms with Crippen LogP contribution in [0.1, 0.15) is 323 Å². The summed E-state index contributed by atoms with van der Waals surface area (Å²) in [5, 5.41) is 31.1. The molecule has 9 heteroatoms. The minimum Gasteiger partial charge on any atom is -0.393 e. The quantitative estimate of drug-likeness (QED) is 0.0329. The molecule has 3 amide bonds. The predicted molar refractivity (Wildman–Crippen MR) is 294 cm³/mol. The highest BCUT2D eigenvalue weighted by Crippen LogP contribution is 2.35. The van der Waals surface area contributed by atoms with Crippen molar-refractivity contribution in [3.63, 3.8) is 0 Å². The lowest BCUT2D eigenvalue weighted by atomic mass is 9.72. The van der Waals surface area contributed by atoms with Crippen LogP contribution in [0, 0.1) is 23.7 Å². The van der Waals surface area contributed by atoms with Crippen molar-refractivity contribution in [1.29, 1.82) is 0 Å². The largest absolute Gasteiger partial charge is 0.393 e.